The Kier molecular flexibility index (Phi) is 6.44. The fourth-order valence-electron chi connectivity index (χ4n) is 2.31. The zero-order valence-electron chi connectivity index (χ0n) is 14.8. The van der Waals surface area contributed by atoms with Gasteiger partial charge in [0.05, 0.1) is 12.2 Å². The SMILES string of the molecule is CCOc1ccccc1C(=O)Nc1cc(C(=O)NCC(F)(F)F)ccc1C. The maximum Gasteiger partial charge on any atom is 0.405 e. The second kappa shape index (κ2) is 8.57. The quantitative estimate of drug-likeness (QED) is 0.798. The molecule has 0 saturated carbocycles. The second-order valence-corrected chi connectivity index (χ2v) is 5.71. The van der Waals surface area contributed by atoms with Gasteiger partial charge in [-0.25, -0.2) is 0 Å². The number of rotatable bonds is 6. The standard InChI is InChI=1S/C19H19F3N2O3/c1-3-27-16-7-5-4-6-14(16)18(26)24-15-10-13(9-8-12(15)2)17(25)23-11-19(20,21)22/h4-10H,3,11H2,1-2H3,(H,23,25)(H,24,26). The monoisotopic (exact) mass is 380 g/mol. The number of ether oxygens (including phenoxy) is 1. The Bertz CT molecular complexity index is 835. The van der Waals surface area contributed by atoms with E-state index in [9.17, 15) is 22.8 Å². The van der Waals surface area contributed by atoms with Crippen molar-refractivity contribution >= 4 is 17.5 Å². The number of carbonyl (C=O) groups excluding carboxylic acids is 2. The van der Waals surface area contributed by atoms with Crippen LogP contribution in [-0.4, -0.2) is 31.1 Å². The highest BCUT2D eigenvalue weighted by molar-refractivity contribution is 6.07. The summed E-state index contributed by atoms with van der Waals surface area (Å²) >= 11 is 0. The average Bonchev–Trinajstić information content (AvgIpc) is 2.61. The van der Waals surface area contributed by atoms with Crippen molar-refractivity contribution in [3.05, 3.63) is 59.2 Å². The molecule has 5 nitrogen and oxygen atoms in total. The molecule has 27 heavy (non-hydrogen) atoms. The second-order valence-electron chi connectivity index (χ2n) is 5.71. The smallest absolute Gasteiger partial charge is 0.405 e. The Hall–Kier alpha value is -3.03. The van der Waals surface area contributed by atoms with Crippen LogP contribution in [0.2, 0.25) is 0 Å². The van der Waals surface area contributed by atoms with Gasteiger partial charge in [-0.05, 0) is 43.7 Å². The maximum absolute atomic E-state index is 12.6. The van der Waals surface area contributed by atoms with Crippen LogP contribution in [-0.2, 0) is 0 Å². The fraction of sp³-hybridized carbons (Fsp3) is 0.263. The number of benzene rings is 2. The van der Waals surface area contributed by atoms with Gasteiger partial charge in [-0.15, -0.1) is 0 Å². The molecule has 0 atom stereocenters. The summed E-state index contributed by atoms with van der Waals surface area (Å²) in [6.07, 6.45) is -4.50. The predicted octanol–water partition coefficient (Wildman–Crippen LogP) is 3.94. The van der Waals surface area contributed by atoms with E-state index >= 15 is 0 Å². The van der Waals surface area contributed by atoms with Crippen molar-refractivity contribution in [3.8, 4) is 5.75 Å². The summed E-state index contributed by atoms with van der Waals surface area (Å²) in [5.41, 5.74) is 1.31. The number of amides is 2. The Balaban J connectivity index is 2.19. The van der Waals surface area contributed by atoms with E-state index in [0.29, 0.717) is 29.2 Å². The van der Waals surface area contributed by atoms with Crippen molar-refractivity contribution in [1.82, 2.24) is 5.32 Å². The van der Waals surface area contributed by atoms with Crippen LogP contribution in [0.15, 0.2) is 42.5 Å². The zero-order chi connectivity index (χ0) is 20.0. The lowest BCUT2D eigenvalue weighted by molar-refractivity contribution is -0.123. The van der Waals surface area contributed by atoms with E-state index < -0.39 is 24.5 Å². The lowest BCUT2D eigenvalue weighted by Gasteiger charge is -2.13. The Morgan fingerprint density at radius 1 is 1.07 bits per heavy atom. The van der Waals surface area contributed by atoms with E-state index in [1.807, 2.05) is 0 Å². The highest BCUT2D eigenvalue weighted by Crippen LogP contribution is 2.22. The molecule has 2 aromatic rings. The van der Waals surface area contributed by atoms with Gasteiger partial charge >= 0.3 is 6.18 Å². The molecule has 2 aromatic carbocycles. The van der Waals surface area contributed by atoms with Crippen LogP contribution in [0.25, 0.3) is 0 Å². The molecule has 0 aliphatic rings. The summed E-state index contributed by atoms with van der Waals surface area (Å²) in [4.78, 5) is 24.5. The van der Waals surface area contributed by atoms with E-state index in [-0.39, 0.29) is 5.56 Å². The third-order valence-corrected chi connectivity index (χ3v) is 3.63. The summed E-state index contributed by atoms with van der Waals surface area (Å²) in [6, 6.07) is 10.9. The molecule has 0 bridgehead atoms. The molecular weight excluding hydrogens is 361 g/mol. The molecule has 0 radical (unpaired) electrons. The van der Waals surface area contributed by atoms with E-state index in [1.165, 1.54) is 12.1 Å². The van der Waals surface area contributed by atoms with E-state index in [0.717, 1.165) is 0 Å². The van der Waals surface area contributed by atoms with Crippen LogP contribution in [0.1, 0.15) is 33.2 Å². The fourth-order valence-corrected chi connectivity index (χ4v) is 2.31. The summed E-state index contributed by atoms with van der Waals surface area (Å²) in [5.74, 6) is -0.915. The first-order chi connectivity index (χ1) is 12.7. The Morgan fingerprint density at radius 3 is 2.44 bits per heavy atom. The number of hydrogen-bond donors (Lipinski definition) is 2. The van der Waals surface area contributed by atoms with Crippen molar-refractivity contribution in [3.63, 3.8) is 0 Å². The largest absolute Gasteiger partial charge is 0.493 e. The minimum absolute atomic E-state index is 0.0123. The van der Waals surface area contributed by atoms with Crippen LogP contribution in [0.5, 0.6) is 5.75 Å². The summed E-state index contributed by atoms with van der Waals surface area (Å²) < 4.78 is 42.2. The minimum atomic E-state index is -4.50. The van der Waals surface area contributed by atoms with Gasteiger partial charge in [-0.2, -0.15) is 13.2 Å². The van der Waals surface area contributed by atoms with Gasteiger partial charge in [0, 0.05) is 11.3 Å². The minimum Gasteiger partial charge on any atom is -0.493 e. The first-order valence-corrected chi connectivity index (χ1v) is 8.20. The lowest BCUT2D eigenvalue weighted by atomic mass is 10.1. The van der Waals surface area contributed by atoms with Crippen molar-refractivity contribution in [2.24, 2.45) is 0 Å². The molecule has 0 fully saturated rings. The Labute approximate surface area is 154 Å². The van der Waals surface area contributed by atoms with Crippen molar-refractivity contribution < 1.29 is 27.5 Å². The van der Waals surface area contributed by atoms with Crippen LogP contribution < -0.4 is 15.4 Å². The van der Waals surface area contributed by atoms with Crippen molar-refractivity contribution in [2.75, 3.05) is 18.5 Å². The van der Waals surface area contributed by atoms with Crippen LogP contribution >= 0.6 is 0 Å². The molecule has 0 aromatic heterocycles. The molecule has 2 rings (SSSR count). The van der Waals surface area contributed by atoms with E-state index in [2.05, 4.69) is 5.32 Å². The predicted molar refractivity (Wildman–Crippen MR) is 95.1 cm³/mol. The summed E-state index contributed by atoms with van der Waals surface area (Å²) in [5, 5.41) is 4.47. The molecule has 2 amide bonds. The first-order valence-electron chi connectivity index (χ1n) is 8.20. The third kappa shape index (κ3) is 5.73. The topological polar surface area (TPSA) is 67.4 Å². The molecule has 8 heteroatoms. The van der Waals surface area contributed by atoms with E-state index in [1.54, 1.807) is 49.5 Å². The van der Waals surface area contributed by atoms with Crippen molar-refractivity contribution in [2.45, 2.75) is 20.0 Å². The van der Waals surface area contributed by atoms with Gasteiger partial charge in [0.1, 0.15) is 12.3 Å². The van der Waals surface area contributed by atoms with Gasteiger partial charge in [0.15, 0.2) is 0 Å². The number of nitrogens with one attached hydrogen (secondary N) is 2. The molecule has 0 heterocycles. The number of carbonyl (C=O) groups is 2. The van der Waals surface area contributed by atoms with Crippen LogP contribution in [0.4, 0.5) is 18.9 Å². The molecule has 144 valence electrons. The average molecular weight is 380 g/mol. The number of anilines is 1. The molecule has 0 spiro atoms. The number of halogens is 3. The van der Waals surface area contributed by atoms with Gasteiger partial charge in [0.25, 0.3) is 11.8 Å². The number of para-hydroxylation sites is 1. The van der Waals surface area contributed by atoms with Crippen LogP contribution in [0.3, 0.4) is 0 Å². The van der Waals surface area contributed by atoms with Gasteiger partial charge < -0.3 is 15.4 Å². The highest BCUT2D eigenvalue weighted by Gasteiger charge is 2.28. The zero-order valence-corrected chi connectivity index (χ0v) is 14.8. The molecular formula is C19H19F3N2O3. The van der Waals surface area contributed by atoms with E-state index in [4.69, 9.17) is 4.74 Å². The number of aryl methyl sites for hydroxylation is 1. The summed E-state index contributed by atoms with van der Waals surface area (Å²) in [6.45, 7) is 2.46. The maximum atomic E-state index is 12.6. The van der Waals surface area contributed by atoms with Crippen molar-refractivity contribution in [1.29, 1.82) is 0 Å². The van der Waals surface area contributed by atoms with Gasteiger partial charge in [-0.3, -0.25) is 9.59 Å². The molecule has 0 unspecified atom stereocenters. The number of alkyl halides is 3. The molecule has 0 aliphatic carbocycles. The molecule has 0 saturated heterocycles. The summed E-state index contributed by atoms with van der Waals surface area (Å²) in [7, 11) is 0. The van der Waals surface area contributed by atoms with Gasteiger partial charge in [-0.1, -0.05) is 18.2 Å². The third-order valence-electron chi connectivity index (χ3n) is 3.63. The van der Waals surface area contributed by atoms with Gasteiger partial charge in [0.2, 0.25) is 0 Å². The van der Waals surface area contributed by atoms with Crippen LogP contribution in [0, 0.1) is 6.92 Å². The lowest BCUT2D eigenvalue weighted by Crippen LogP contribution is -2.33. The Morgan fingerprint density at radius 2 is 1.78 bits per heavy atom. The highest BCUT2D eigenvalue weighted by atomic mass is 19.4. The molecule has 0 aliphatic heterocycles. The first kappa shape index (κ1) is 20.3. The normalized spacial score (nSPS) is 11.0. The molecule has 2 N–H and O–H groups in total. The number of hydrogen-bond acceptors (Lipinski definition) is 3.